The van der Waals surface area contributed by atoms with Gasteiger partial charge in [-0.1, -0.05) is 30.3 Å². The third kappa shape index (κ3) is 4.77. The van der Waals surface area contributed by atoms with Gasteiger partial charge in [-0.2, -0.15) is 5.10 Å². The van der Waals surface area contributed by atoms with Crippen molar-refractivity contribution in [2.75, 3.05) is 32.2 Å². The molecule has 2 aromatic heterocycles. The molecule has 0 saturated carbocycles. The normalized spacial score (nSPS) is 14.2. The molecule has 0 aliphatic carbocycles. The number of anilines is 1. The second kappa shape index (κ2) is 10.0. The van der Waals surface area contributed by atoms with Crippen LogP contribution >= 0.6 is 0 Å². The number of benzene rings is 2. The maximum Gasteiger partial charge on any atom is 0.223 e. The van der Waals surface area contributed by atoms with Crippen LogP contribution in [0.2, 0.25) is 0 Å². The van der Waals surface area contributed by atoms with E-state index >= 15 is 0 Å². The zero-order valence-electron chi connectivity index (χ0n) is 20.0. The average Bonchev–Trinajstić information content (AvgIpc) is 3.37. The van der Waals surface area contributed by atoms with Gasteiger partial charge in [-0.3, -0.25) is 4.79 Å². The molecule has 0 bridgehead atoms. The second-order valence-corrected chi connectivity index (χ2v) is 8.63. The number of hydrogen-bond acceptors (Lipinski definition) is 6. The molecule has 1 N–H and O–H groups in total. The summed E-state index contributed by atoms with van der Waals surface area (Å²) in [7, 11) is 3.25. The van der Waals surface area contributed by atoms with Gasteiger partial charge in [-0.15, -0.1) is 0 Å². The van der Waals surface area contributed by atoms with Crippen LogP contribution in [0.15, 0.2) is 67.0 Å². The lowest BCUT2D eigenvalue weighted by Crippen LogP contribution is -2.40. The largest absolute Gasteiger partial charge is 0.497 e. The highest BCUT2D eigenvalue weighted by molar-refractivity contribution is 5.80. The zero-order valence-corrected chi connectivity index (χ0v) is 20.0. The first-order valence-corrected chi connectivity index (χ1v) is 11.8. The summed E-state index contributed by atoms with van der Waals surface area (Å²) in [5.41, 5.74) is 3.86. The molecule has 2 aromatic carbocycles. The summed E-state index contributed by atoms with van der Waals surface area (Å²) < 4.78 is 12.6. The number of methoxy groups -OCH3 is 2. The Morgan fingerprint density at radius 2 is 1.86 bits per heavy atom. The van der Waals surface area contributed by atoms with E-state index in [1.807, 2.05) is 47.1 Å². The lowest BCUT2D eigenvalue weighted by Gasteiger charge is -2.32. The molecule has 0 spiro atoms. The van der Waals surface area contributed by atoms with Gasteiger partial charge in [0.2, 0.25) is 5.91 Å². The van der Waals surface area contributed by atoms with Crippen LogP contribution in [0.5, 0.6) is 11.5 Å². The molecule has 4 aromatic rings. The zero-order chi connectivity index (χ0) is 24.2. The van der Waals surface area contributed by atoms with E-state index in [1.54, 1.807) is 20.4 Å². The van der Waals surface area contributed by atoms with Crippen LogP contribution in [0.25, 0.3) is 16.8 Å². The maximum atomic E-state index is 12.9. The Balaban J connectivity index is 1.24. The molecule has 1 fully saturated rings. The minimum atomic E-state index is -0.0348. The molecular formula is C27H29N5O3. The van der Waals surface area contributed by atoms with E-state index in [4.69, 9.17) is 14.6 Å². The van der Waals surface area contributed by atoms with Gasteiger partial charge in [0.1, 0.15) is 17.0 Å². The number of fused-ring (bicyclic) bond motifs is 1. The molecule has 1 aliphatic rings. The quantitative estimate of drug-likeness (QED) is 0.440. The van der Waals surface area contributed by atoms with Gasteiger partial charge in [-0.25, -0.2) is 9.50 Å². The van der Waals surface area contributed by atoms with Crippen LogP contribution < -0.4 is 19.7 Å². The Kier molecular flexibility index (Phi) is 6.52. The second-order valence-electron chi connectivity index (χ2n) is 8.63. The summed E-state index contributed by atoms with van der Waals surface area (Å²) in [5.74, 6) is 2.40. The maximum absolute atomic E-state index is 12.9. The predicted octanol–water partition coefficient (Wildman–Crippen LogP) is 3.95. The fourth-order valence-corrected chi connectivity index (χ4v) is 4.60. The number of aromatic nitrogens is 3. The highest BCUT2D eigenvalue weighted by Gasteiger charge is 2.27. The minimum absolute atomic E-state index is 0.0348. The number of amides is 1. The predicted molar refractivity (Wildman–Crippen MR) is 135 cm³/mol. The Labute approximate surface area is 204 Å². The van der Waals surface area contributed by atoms with E-state index in [-0.39, 0.29) is 11.8 Å². The number of nitrogens with one attached hydrogen (secondary N) is 1. The van der Waals surface area contributed by atoms with Gasteiger partial charge in [0.15, 0.2) is 5.82 Å². The van der Waals surface area contributed by atoms with Crippen molar-refractivity contribution >= 4 is 17.2 Å². The van der Waals surface area contributed by atoms with Crippen LogP contribution in [0.3, 0.4) is 0 Å². The van der Waals surface area contributed by atoms with Gasteiger partial charge >= 0.3 is 0 Å². The molecule has 1 saturated heterocycles. The standard InChI is InChI=1S/C27H29N5O3/c1-34-22-8-9-25(35-2)21(16-22)18-29-27(33)20-10-13-31(14-11-20)26-24-17-23(19-6-4-3-5-7-19)30-32(24)15-12-28-26/h3-9,12,15-17,20H,10-11,13-14,18H2,1-2H3,(H,29,33). The molecule has 3 heterocycles. The van der Waals surface area contributed by atoms with Crippen molar-refractivity contribution in [1.29, 1.82) is 0 Å². The topological polar surface area (TPSA) is 81.0 Å². The van der Waals surface area contributed by atoms with Crippen molar-refractivity contribution in [3.63, 3.8) is 0 Å². The Bertz CT molecular complexity index is 1310. The molecular weight excluding hydrogens is 442 g/mol. The van der Waals surface area contributed by atoms with E-state index < -0.39 is 0 Å². The molecule has 1 aliphatic heterocycles. The monoisotopic (exact) mass is 471 g/mol. The van der Waals surface area contributed by atoms with E-state index in [0.29, 0.717) is 6.54 Å². The van der Waals surface area contributed by atoms with Crippen molar-refractivity contribution in [2.45, 2.75) is 19.4 Å². The van der Waals surface area contributed by atoms with E-state index in [1.165, 1.54) is 0 Å². The van der Waals surface area contributed by atoms with E-state index in [0.717, 1.165) is 65.6 Å². The Hall–Kier alpha value is -4.07. The van der Waals surface area contributed by atoms with Crippen LogP contribution in [0.4, 0.5) is 5.82 Å². The smallest absolute Gasteiger partial charge is 0.223 e. The van der Waals surface area contributed by atoms with Crippen molar-refractivity contribution in [3.8, 4) is 22.8 Å². The SMILES string of the molecule is COc1ccc(OC)c(CNC(=O)C2CCN(c3nccn4nc(-c5ccccc5)cc34)CC2)c1. The number of carbonyl (C=O) groups excluding carboxylic acids is 1. The molecule has 0 radical (unpaired) electrons. The summed E-state index contributed by atoms with van der Waals surface area (Å²) in [4.78, 5) is 19.8. The fourth-order valence-electron chi connectivity index (χ4n) is 4.60. The number of carbonyl (C=O) groups is 1. The summed E-state index contributed by atoms with van der Waals surface area (Å²) in [6.07, 6.45) is 5.19. The fraction of sp³-hybridized carbons (Fsp3) is 0.296. The summed E-state index contributed by atoms with van der Waals surface area (Å²) in [6, 6.07) is 17.8. The van der Waals surface area contributed by atoms with Crippen LogP contribution in [-0.4, -0.2) is 47.8 Å². The average molecular weight is 472 g/mol. The van der Waals surface area contributed by atoms with Crippen LogP contribution in [0, 0.1) is 5.92 Å². The number of hydrogen-bond donors (Lipinski definition) is 1. The number of nitrogens with zero attached hydrogens (tertiary/aromatic N) is 4. The third-order valence-electron chi connectivity index (χ3n) is 6.54. The van der Waals surface area contributed by atoms with Gasteiger partial charge in [0, 0.05) is 49.1 Å². The summed E-state index contributed by atoms with van der Waals surface area (Å²) in [5, 5.41) is 7.81. The first-order valence-electron chi connectivity index (χ1n) is 11.8. The molecule has 1 amide bonds. The van der Waals surface area contributed by atoms with Crippen molar-refractivity contribution < 1.29 is 14.3 Å². The number of ether oxygens (including phenoxy) is 2. The summed E-state index contributed by atoms with van der Waals surface area (Å²) >= 11 is 0. The van der Waals surface area contributed by atoms with Crippen molar-refractivity contribution in [1.82, 2.24) is 19.9 Å². The molecule has 35 heavy (non-hydrogen) atoms. The van der Waals surface area contributed by atoms with E-state index in [9.17, 15) is 4.79 Å². The minimum Gasteiger partial charge on any atom is -0.497 e. The van der Waals surface area contributed by atoms with E-state index in [2.05, 4.69) is 33.4 Å². The molecule has 8 heteroatoms. The van der Waals surface area contributed by atoms with Crippen LogP contribution in [-0.2, 0) is 11.3 Å². The molecule has 0 unspecified atom stereocenters. The van der Waals surface area contributed by atoms with Gasteiger partial charge < -0.3 is 19.7 Å². The highest BCUT2D eigenvalue weighted by Crippen LogP contribution is 2.29. The number of piperidine rings is 1. The van der Waals surface area contributed by atoms with Gasteiger partial charge in [0.05, 0.1) is 19.9 Å². The third-order valence-corrected chi connectivity index (χ3v) is 6.54. The van der Waals surface area contributed by atoms with Gasteiger partial charge in [-0.05, 0) is 37.1 Å². The first-order chi connectivity index (χ1) is 17.2. The van der Waals surface area contributed by atoms with Crippen molar-refractivity contribution in [3.05, 3.63) is 72.6 Å². The molecule has 8 nitrogen and oxygen atoms in total. The molecule has 0 atom stereocenters. The van der Waals surface area contributed by atoms with Gasteiger partial charge in [0.25, 0.3) is 0 Å². The molecule has 180 valence electrons. The highest BCUT2D eigenvalue weighted by atomic mass is 16.5. The lowest BCUT2D eigenvalue weighted by atomic mass is 9.95. The first kappa shape index (κ1) is 22.7. The van der Waals surface area contributed by atoms with Crippen molar-refractivity contribution in [2.24, 2.45) is 5.92 Å². The van der Waals surface area contributed by atoms with Crippen LogP contribution in [0.1, 0.15) is 18.4 Å². The summed E-state index contributed by atoms with van der Waals surface area (Å²) in [6.45, 7) is 1.93. The Morgan fingerprint density at radius 1 is 1.06 bits per heavy atom. The number of rotatable bonds is 7. The lowest BCUT2D eigenvalue weighted by molar-refractivity contribution is -0.125. The Morgan fingerprint density at radius 3 is 2.60 bits per heavy atom. The molecule has 5 rings (SSSR count).